The lowest BCUT2D eigenvalue weighted by Crippen LogP contribution is -2.22. The zero-order chi connectivity index (χ0) is 19.3. The number of aliphatic hydroxyl groups is 1. The van der Waals surface area contributed by atoms with E-state index in [2.05, 4.69) is 6.92 Å². The maximum atomic E-state index is 12.4. The van der Waals surface area contributed by atoms with Gasteiger partial charge in [0.1, 0.15) is 23.5 Å². The molecule has 1 aromatic carbocycles. The van der Waals surface area contributed by atoms with Gasteiger partial charge in [-0.2, -0.15) is 0 Å². The third-order valence-corrected chi connectivity index (χ3v) is 4.66. The van der Waals surface area contributed by atoms with Crippen LogP contribution >= 0.6 is 0 Å². The fraction of sp³-hybridized carbons (Fsp3) is 0.524. The van der Waals surface area contributed by atoms with Crippen LogP contribution in [0.25, 0.3) is 0 Å². The Hall–Kier alpha value is -2.14. The summed E-state index contributed by atoms with van der Waals surface area (Å²) in [6.45, 7) is 6.02. The average molecular weight is 360 g/mol. The van der Waals surface area contributed by atoms with Crippen molar-refractivity contribution in [1.29, 1.82) is 0 Å². The molecule has 26 heavy (non-hydrogen) atoms. The van der Waals surface area contributed by atoms with Crippen LogP contribution in [0.2, 0.25) is 0 Å². The Morgan fingerprint density at radius 1 is 1.31 bits per heavy atom. The van der Waals surface area contributed by atoms with Crippen LogP contribution in [0.3, 0.4) is 0 Å². The number of benzene rings is 1. The van der Waals surface area contributed by atoms with Crippen LogP contribution in [-0.4, -0.2) is 28.1 Å². The maximum Gasteiger partial charge on any atom is 0.342 e. The topological polar surface area (TPSA) is 83.8 Å². The fourth-order valence-corrected chi connectivity index (χ4v) is 3.18. The van der Waals surface area contributed by atoms with Crippen molar-refractivity contribution in [2.24, 2.45) is 0 Å². The summed E-state index contributed by atoms with van der Waals surface area (Å²) in [7, 11) is 0. The minimum absolute atomic E-state index is 0.0721. The SMILES string of the molecule is CCCCC[C@H](O)C(=O)C[C@@H]1OC(=O)c2c(O)ccc(CC=C(C)C)c21. The molecule has 5 heteroatoms. The smallest absolute Gasteiger partial charge is 0.342 e. The number of phenols is 1. The van der Waals surface area contributed by atoms with Crippen LogP contribution in [0, 0.1) is 0 Å². The molecule has 2 atom stereocenters. The second-order valence-corrected chi connectivity index (χ2v) is 7.09. The Bertz CT molecular complexity index is 701. The summed E-state index contributed by atoms with van der Waals surface area (Å²) in [4.78, 5) is 24.5. The van der Waals surface area contributed by atoms with Crippen LogP contribution in [0.4, 0.5) is 0 Å². The van der Waals surface area contributed by atoms with Gasteiger partial charge in [0.15, 0.2) is 5.78 Å². The van der Waals surface area contributed by atoms with Gasteiger partial charge in [0.25, 0.3) is 0 Å². The number of esters is 1. The van der Waals surface area contributed by atoms with Gasteiger partial charge in [-0.15, -0.1) is 0 Å². The monoisotopic (exact) mass is 360 g/mol. The summed E-state index contributed by atoms with van der Waals surface area (Å²) in [5.41, 5.74) is 2.70. The highest BCUT2D eigenvalue weighted by Crippen LogP contribution is 2.40. The standard InChI is InChI=1S/C21H28O5/c1-4-5-6-7-15(22)17(24)12-18-19-14(9-8-13(2)3)10-11-16(23)20(19)21(25)26-18/h8,10-11,15,18,22-23H,4-7,9,12H2,1-3H3/t15-,18-/m0/s1. The lowest BCUT2D eigenvalue weighted by atomic mass is 9.91. The van der Waals surface area contributed by atoms with Gasteiger partial charge in [-0.05, 0) is 38.3 Å². The van der Waals surface area contributed by atoms with Gasteiger partial charge in [0.05, 0.1) is 6.42 Å². The molecule has 1 aliphatic rings. The molecular formula is C21H28O5. The highest BCUT2D eigenvalue weighted by Gasteiger charge is 2.37. The molecule has 1 heterocycles. The quantitative estimate of drug-likeness (QED) is 0.395. The van der Waals surface area contributed by atoms with Crippen molar-refractivity contribution in [2.45, 2.75) is 71.5 Å². The fourth-order valence-electron chi connectivity index (χ4n) is 3.18. The molecule has 2 N–H and O–H groups in total. The van der Waals surface area contributed by atoms with E-state index in [1.54, 1.807) is 6.07 Å². The Labute approximate surface area is 154 Å². The van der Waals surface area contributed by atoms with E-state index >= 15 is 0 Å². The normalized spacial score (nSPS) is 16.8. The van der Waals surface area contributed by atoms with Crippen LogP contribution in [0.1, 0.15) is 80.5 Å². The number of fused-ring (bicyclic) bond motifs is 1. The van der Waals surface area contributed by atoms with Crippen molar-refractivity contribution in [3.8, 4) is 5.75 Å². The number of Topliss-reactive ketones (excluding diaryl/α,β-unsaturated/α-hetero) is 1. The molecule has 0 saturated heterocycles. The van der Waals surface area contributed by atoms with Crippen molar-refractivity contribution < 1.29 is 24.5 Å². The molecule has 0 radical (unpaired) electrons. The van der Waals surface area contributed by atoms with Crippen molar-refractivity contribution in [2.75, 3.05) is 0 Å². The molecule has 1 aliphatic heterocycles. The summed E-state index contributed by atoms with van der Waals surface area (Å²) < 4.78 is 5.35. The summed E-state index contributed by atoms with van der Waals surface area (Å²) in [5, 5.41) is 20.1. The van der Waals surface area contributed by atoms with Crippen LogP contribution < -0.4 is 0 Å². The summed E-state index contributed by atoms with van der Waals surface area (Å²) in [5.74, 6) is -1.08. The van der Waals surface area contributed by atoms with E-state index in [0.717, 1.165) is 30.4 Å². The lowest BCUT2D eigenvalue weighted by molar-refractivity contribution is -0.129. The molecule has 142 valence electrons. The van der Waals surface area contributed by atoms with E-state index < -0.39 is 18.2 Å². The summed E-state index contributed by atoms with van der Waals surface area (Å²) in [6, 6.07) is 3.24. The molecule has 0 unspecified atom stereocenters. The first kappa shape index (κ1) is 20.2. The van der Waals surface area contributed by atoms with E-state index in [4.69, 9.17) is 4.74 Å². The summed E-state index contributed by atoms with van der Waals surface area (Å²) in [6.07, 6.45) is 3.94. The van der Waals surface area contributed by atoms with Gasteiger partial charge in [-0.3, -0.25) is 4.79 Å². The molecule has 0 saturated carbocycles. The molecule has 0 spiro atoms. The number of carbonyl (C=O) groups excluding carboxylic acids is 2. The molecule has 0 aromatic heterocycles. The Balaban J connectivity index is 2.21. The second kappa shape index (κ2) is 8.99. The predicted octanol–water partition coefficient (Wildman–Crippen LogP) is 4.01. The number of hydrogen-bond donors (Lipinski definition) is 2. The number of allylic oxidation sites excluding steroid dienone is 2. The highest BCUT2D eigenvalue weighted by atomic mass is 16.5. The molecule has 2 rings (SSSR count). The van der Waals surface area contributed by atoms with Gasteiger partial charge < -0.3 is 14.9 Å². The van der Waals surface area contributed by atoms with E-state index in [1.807, 2.05) is 19.9 Å². The first-order valence-electron chi connectivity index (χ1n) is 9.25. The molecule has 0 amide bonds. The van der Waals surface area contributed by atoms with Gasteiger partial charge in [-0.25, -0.2) is 4.79 Å². The van der Waals surface area contributed by atoms with E-state index in [-0.39, 0.29) is 23.5 Å². The average Bonchev–Trinajstić information content (AvgIpc) is 2.91. The minimum Gasteiger partial charge on any atom is -0.507 e. The molecule has 0 fully saturated rings. The third kappa shape index (κ3) is 4.73. The van der Waals surface area contributed by atoms with E-state index in [1.165, 1.54) is 6.07 Å². The second-order valence-electron chi connectivity index (χ2n) is 7.09. The highest BCUT2D eigenvalue weighted by molar-refractivity contribution is 5.98. The number of aromatic hydroxyl groups is 1. The molecule has 1 aromatic rings. The van der Waals surface area contributed by atoms with E-state index in [0.29, 0.717) is 18.4 Å². The Kier molecular flexibility index (Phi) is 6.98. The van der Waals surface area contributed by atoms with Crippen molar-refractivity contribution in [1.82, 2.24) is 0 Å². The van der Waals surface area contributed by atoms with Gasteiger partial charge in [0, 0.05) is 5.56 Å². The maximum absolute atomic E-state index is 12.4. The number of aliphatic hydroxyl groups excluding tert-OH is 1. The number of unbranched alkanes of at least 4 members (excludes halogenated alkanes) is 2. The largest absolute Gasteiger partial charge is 0.507 e. The first-order chi connectivity index (χ1) is 12.3. The van der Waals surface area contributed by atoms with Gasteiger partial charge in [-0.1, -0.05) is 43.9 Å². The summed E-state index contributed by atoms with van der Waals surface area (Å²) >= 11 is 0. The Morgan fingerprint density at radius 2 is 2.04 bits per heavy atom. The number of phenolic OH excluding ortho intramolecular Hbond substituents is 1. The third-order valence-electron chi connectivity index (χ3n) is 4.66. The number of cyclic esters (lactones) is 1. The number of rotatable bonds is 9. The zero-order valence-corrected chi connectivity index (χ0v) is 15.7. The number of ether oxygens (including phenoxy) is 1. The molecular weight excluding hydrogens is 332 g/mol. The molecule has 5 nitrogen and oxygen atoms in total. The zero-order valence-electron chi connectivity index (χ0n) is 15.7. The van der Waals surface area contributed by atoms with Crippen LogP contribution in [-0.2, 0) is 16.0 Å². The van der Waals surface area contributed by atoms with Gasteiger partial charge in [0.2, 0.25) is 0 Å². The number of carbonyl (C=O) groups is 2. The Morgan fingerprint density at radius 3 is 2.69 bits per heavy atom. The lowest BCUT2D eigenvalue weighted by Gasteiger charge is -2.16. The van der Waals surface area contributed by atoms with Gasteiger partial charge >= 0.3 is 5.97 Å². The van der Waals surface area contributed by atoms with Crippen molar-refractivity contribution in [3.63, 3.8) is 0 Å². The van der Waals surface area contributed by atoms with Crippen LogP contribution in [0.15, 0.2) is 23.8 Å². The molecule has 0 aliphatic carbocycles. The first-order valence-corrected chi connectivity index (χ1v) is 9.25. The predicted molar refractivity (Wildman–Crippen MR) is 99.2 cm³/mol. The number of ketones is 1. The van der Waals surface area contributed by atoms with Crippen LogP contribution in [0.5, 0.6) is 5.75 Å². The molecule has 0 bridgehead atoms. The van der Waals surface area contributed by atoms with Crippen molar-refractivity contribution in [3.05, 3.63) is 40.5 Å². The van der Waals surface area contributed by atoms with Crippen molar-refractivity contribution >= 4 is 11.8 Å². The minimum atomic E-state index is -1.04. The number of hydrogen-bond acceptors (Lipinski definition) is 5. The van der Waals surface area contributed by atoms with E-state index in [9.17, 15) is 19.8 Å².